The Kier molecular flexibility index (Phi) is 2.94. The van der Waals surface area contributed by atoms with Crippen molar-refractivity contribution in [1.29, 1.82) is 0 Å². The maximum atomic E-state index is 12.5. The van der Waals surface area contributed by atoms with Crippen LogP contribution in [-0.4, -0.2) is 22.5 Å². The first-order valence-electron chi connectivity index (χ1n) is 6.75. The lowest BCUT2D eigenvalue weighted by atomic mass is 10.1. The van der Waals surface area contributed by atoms with Crippen molar-refractivity contribution in [1.82, 2.24) is 4.90 Å². The normalized spacial score (nSPS) is 16.2. The molecule has 0 unspecified atom stereocenters. The fourth-order valence-electron chi connectivity index (χ4n) is 2.50. The van der Waals surface area contributed by atoms with Crippen LogP contribution in [-0.2, 0) is 0 Å². The Morgan fingerprint density at radius 1 is 0.818 bits per heavy atom. The minimum absolute atomic E-state index is 0.324. The van der Waals surface area contributed by atoms with Crippen molar-refractivity contribution >= 4 is 35.7 Å². The van der Waals surface area contributed by atoms with Crippen molar-refractivity contribution in [2.45, 2.75) is 4.90 Å². The molecule has 5 heteroatoms. The first-order valence-corrected chi connectivity index (χ1v) is 7.53. The predicted molar refractivity (Wildman–Crippen MR) is 85.7 cm³/mol. The van der Waals surface area contributed by atoms with E-state index in [1.165, 1.54) is 11.9 Å². The summed E-state index contributed by atoms with van der Waals surface area (Å²) in [5.41, 5.74) is 1.87. The molecule has 2 heterocycles. The van der Waals surface area contributed by atoms with Crippen LogP contribution in [0.15, 0.2) is 63.9 Å². The molecule has 4 nitrogen and oxygen atoms in total. The van der Waals surface area contributed by atoms with Gasteiger partial charge in [0.25, 0.3) is 11.8 Å². The van der Waals surface area contributed by atoms with Gasteiger partial charge in [-0.15, -0.1) is 0 Å². The van der Waals surface area contributed by atoms with E-state index in [4.69, 9.17) is 0 Å². The molecule has 0 saturated carbocycles. The second-order valence-corrected chi connectivity index (χ2v) is 5.71. The number of benzene rings is 2. The molecule has 0 aromatic heterocycles. The fourth-order valence-corrected chi connectivity index (χ4v) is 3.22. The lowest BCUT2D eigenvalue weighted by Gasteiger charge is -2.12. The number of hydrogen-bond donors (Lipinski definition) is 0. The number of carbonyl (C=O) groups is 2. The van der Waals surface area contributed by atoms with Crippen LogP contribution in [0.1, 0.15) is 26.3 Å². The molecule has 2 amide bonds. The molecule has 0 bridgehead atoms. The summed E-state index contributed by atoms with van der Waals surface area (Å²) in [7, 11) is 0. The third-order valence-electron chi connectivity index (χ3n) is 3.59. The zero-order valence-electron chi connectivity index (χ0n) is 11.4. The van der Waals surface area contributed by atoms with E-state index in [9.17, 15) is 9.59 Å². The van der Waals surface area contributed by atoms with Crippen LogP contribution < -0.4 is 0 Å². The lowest BCUT2D eigenvalue weighted by Crippen LogP contribution is -2.34. The molecule has 0 aliphatic carbocycles. The number of carbonyl (C=O) groups excluding carboxylic acids is 2. The van der Waals surface area contributed by atoms with Crippen LogP contribution in [0.25, 0.3) is 6.08 Å². The molecule has 2 aliphatic heterocycles. The Morgan fingerprint density at radius 2 is 1.45 bits per heavy atom. The van der Waals surface area contributed by atoms with Gasteiger partial charge in [0.1, 0.15) is 0 Å². The quantitative estimate of drug-likeness (QED) is 0.553. The van der Waals surface area contributed by atoms with Crippen molar-refractivity contribution < 1.29 is 9.59 Å². The lowest BCUT2D eigenvalue weighted by molar-refractivity contribution is 0.0750. The molecular weight excluding hydrogens is 296 g/mol. The van der Waals surface area contributed by atoms with Gasteiger partial charge in [0.05, 0.1) is 11.1 Å². The second-order valence-electron chi connectivity index (χ2n) is 4.90. The van der Waals surface area contributed by atoms with E-state index >= 15 is 0 Å². The largest absolute Gasteiger partial charge is 0.268 e. The van der Waals surface area contributed by atoms with Gasteiger partial charge in [-0.2, -0.15) is 4.40 Å². The summed E-state index contributed by atoms with van der Waals surface area (Å²) < 4.78 is 4.36. The smallest absolute Gasteiger partial charge is 0.267 e. The van der Waals surface area contributed by atoms with Crippen LogP contribution in [0.2, 0.25) is 0 Å². The zero-order valence-corrected chi connectivity index (χ0v) is 12.2. The van der Waals surface area contributed by atoms with Crippen LogP contribution in [0, 0.1) is 0 Å². The number of amidine groups is 1. The van der Waals surface area contributed by atoms with Gasteiger partial charge in [-0.3, -0.25) is 9.59 Å². The number of hydrogen-bond acceptors (Lipinski definition) is 4. The Labute approximate surface area is 131 Å². The molecular formula is C17H10N2O2S. The van der Waals surface area contributed by atoms with E-state index in [1.54, 1.807) is 30.3 Å². The van der Waals surface area contributed by atoms with Crippen molar-refractivity contribution in [2.75, 3.05) is 0 Å². The number of fused-ring (bicyclic) bond motifs is 2. The third-order valence-corrected chi connectivity index (χ3v) is 4.44. The summed E-state index contributed by atoms with van der Waals surface area (Å²) in [6.45, 7) is 0. The number of amides is 2. The van der Waals surface area contributed by atoms with Crippen LogP contribution >= 0.6 is 11.9 Å². The SMILES string of the molecule is O=C1c2ccccc2C(=O)N1C1=NSc2ccccc2C=C1. The van der Waals surface area contributed by atoms with E-state index in [1.807, 2.05) is 30.3 Å². The molecule has 0 atom stereocenters. The summed E-state index contributed by atoms with van der Waals surface area (Å²) in [5, 5.41) is 0. The van der Waals surface area contributed by atoms with Crippen molar-refractivity contribution in [2.24, 2.45) is 4.40 Å². The first-order chi connectivity index (χ1) is 10.8. The first kappa shape index (κ1) is 13.0. The summed E-state index contributed by atoms with van der Waals surface area (Å²) in [6, 6.07) is 14.6. The zero-order chi connectivity index (χ0) is 15.1. The van der Waals surface area contributed by atoms with E-state index in [-0.39, 0.29) is 11.8 Å². The molecule has 0 fully saturated rings. The minimum Gasteiger partial charge on any atom is -0.268 e. The molecule has 2 aromatic rings. The van der Waals surface area contributed by atoms with Crippen molar-refractivity contribution in [3.8, 4) is 0 Å². The highest BCUT2D eigenvalue weighted by Crippen LogP contribution is 2.30. The van der Waals surface area contributed by atoms with E-state index < -0.39 is 0 Å². The summed E-state index contributed by atoms with van der Waals surface area (Å²) in [6.07, 6.45) is 3.58. The average molecular weight is 306 g/mol. The van der Waals surface area contributed by atoms with E-state index in [0.29, 0.717) is 17.0 Å². The minimum atomic E-state index is -0.324. The van der Waals surface area contributed by atoms with Crippen LogP contribution in [0.4, 0.5) is 0 Å². The van der Waals surface area contributed by atoms with Gasteiger partial charge in [0, 0.05) is 16.8 Å². The van der Waals surface area contributed by atoms with Gasteiger partial charge in [-0.05, 0) is 29.8 Å². The highest BCUT2D eigenvalue weighted by Gasteiger charge is 2.37. The van der Waals surface area contributed by atoms with Gasteiger partial charge in [0.15, 0.2) is 5.84 Å². The highest BCUT2D eigenvalue weighted by molar-refractivity contribution is 7.98. The third kappa shape index (κ3) is 1.90. The van der Waals surface area contributed by atoms with E-state index in [2.05, 4.69) is 4.40 Å². The van der Waals surface area contributed by atoms with Crippen molar-refractivity contribution in [3.05, 3.63) is 71.3 Å². The molecule has 0 saturated heterocycles. The summed E-state index contributed by atoms with van der Waals surface area (Å²) in [5.74, 6) is -0.293. The molecule has 0 N–H and O–H groups in total. The Hall–Kier alpha value is -2.66. The maximum absolute atomic E-state index is 12.5. The predicted octanol–water partition coefficient (Wildman–Crippen LogP) is 3.42. The molecule has 2 aliphatic rings. The van der Waals surface area contributed by atoms with E-state index in [0.717, 1.165) is 15.4 Å². The standard InChI is InChI=1S/C17H10N2O2S/c20-16-12-6-2-3-7-13(12)17(21)19(16)15-10-9-11-5-1-4-8-14(11)22-18-15/h1-10H. The summed E-state index contributed by atoms with van der Waals surface area (Å²) in [4.78, 5) is 27.1. The van der Waals surface area contributed by atoms with Crippen molar-refractivity contribution in [3.63, 3.8) is 0 Å². The van der Waals surface area contributed by atoms with Gasteiger partial charge < -0.3 is 0 Å². The molecule has 106 valence electrons. The Balaban J connectivity index is 1.75. The topological polar surface area (TPSA) is 49.7 Å². The summed E-state index contributed by atoms with van der Waals surface area (Å²) >= 11 is 1.27. The second kappa shape index (κ2) is 4.96. The van der Waals surface area contributed by atoms with Crippen LogP contribution in [0.3, 0.4) is 0 Å². The Morgan fingerprint density at radius 3 is 2.18 bits per heavy atom. The van der Waals surface area contributed by atoms with Crippen LogP contribution in [0.5, 0.6) is 0 Å². The molecule has 2 aromatic carbocycles. The number of nitrogens with zero attached hydrogens (tertiary/aromatic N) is 2. The Bertz CT molecular complexity index is 835. The van der Waals surface area contributed by atoms with Gasteiger partial charge in [0.2, 0.25) is 0 Å². The number of imide groups is 1. The molecule has 4 rings (SSSR count). The fraction of sp³-hybridized carbons (Fsp3) is 0. The average Bonchev–Trinajstić information content (AvgIpc) is 2.71. The molecule has 0 radical (unpaired) electrons. The van der Waals surface area contributed by atoms with Gasteiger partial charge in [-0.25, -0.2) is 4.90 Å². The maximum Gasteiger partial charge on any atom is 0.267 e. The molecule has 0 spiro atoms. The molecule has 22 heavy (non-hydrogen) atoms. The number of rotatable bonds is 0. The highest BCUT2D eigenvalue weighted by atomic mass is 32.2. The van der Waals surface area contributed by atoms with Gasteiger partial charge in [-0.1, -0.05) is 36.4 Å². The van der Waals surface area contributed by atoms with Gasteiger partial charge >= 0.3 is 0 Å². The monoisotopic (exact) mass is 306 g/mol.